The Balaban J connectivity index is 1.39. The molecule has 0 bridgehead atoms. The van der Waals surface area contributed by atoms with Gasteiger partial charge in [-0.3, -0.25) is 4.40 Å². The largest absolute Gasteiger partial charge is 0.494 e. The Morgan fingerprint density at radius 2 is 1.49 bits per heavy atom. The molecule has 3 aromatic heterocycles. The van der Waals surface area contributed by atoms with Gasteiger partial charge in [0.15, 0.2) is 5.65 Å². The Morgan fingerprint density at radius 3 is 2.28 bits per heavy atom. The summed E-state index contributed by atoms with van der Waals surface area (Å²) >= 11 is 1.83. The second-order valence-corrected chi connectivity index (χ2v) is 12.6. The molecule has 7 aromatic rings. The van der Waals surface area contributed by atoms with Gasteiger partial charge >= 0.3 is 7.12 Å². The SMILES string of the molecule is CC1(C)OB(c2ccc(-c3cc4c(sc5ccc6ccccc6c54)c4nc5ccccc5n34)cc2)OC1(C)C. The normalized spacial score (nSPS) is 16.9. The van der Waals surface area contributed by atoms with E-state index in [2.05, 4.69) is 123 Å². The van der Waals surface area contributed by atoms with E-state index in [9.17, 15) is 0 Å². The highest BCUT2D eigenvalue weighted by Crippen LogP contribution is 2.43. The van der Waals surface area contributed by atoms with Crippen molar-refractivity contribution in [3.8, 4) is 11.3 Å². The lowest BCUT2D eigenvalue weighted by Crippen LogP contribution is -2.41. The molecule has 4 nitrogen and oxygen atoms in total. The molecule has 6 heteroatoms. The highest BCUT2D eigenvalue weighted by atomic mass is 32.1. The van der Waals surface area contributed by atoms with Gasteiger partial charge < -0.3 is 9.31 Å². The molecular formula is C33H27BN2O2S. The van der Waals surface area contributed by atoms with Crippen LogP contribution < -0.4 is 5.46 Å². The van der Waals surface area contributed by atoms with Crippen LogP contribution in [0.15, 0.2) is 91.0 Å². The van der Waals surface area contributed by atoms with Gasteiger partial charge in [-0.15, -0.1) is 11.3 Å². The smallest absolute Gasteiger partial charge is 0.399 e. The van der Waals surface area contributed by atoms with Crippen molar-refractivity contribution in [2.24, 2.45) is 0 Å². The molecule has 1 aliphatic rings. The quantitative estimate of drug-likeness (QED) is 0.214. The molecule has 0 unspecified atom stereocenters. The van der Waals surface area contributed by atoms with E-state index in [1.807, 2.05) is 11.3 Å². The van der Waals surface area contributed by atoms with Crippen LogP contribution in [0.1, 0.15) is 27.7 Å². The van der Waals surface area contributed by atoms with Crippen LogP contribution in [0, 0.1) is 0 Å². The minimum absolute atomic E-state index is 0.369. The summed E-state index contributed by atoms with van der Waals surface area (Å²) in [6.07, 6.45) is 0. The molecule has 1 saturated heterocycles. The summed E-state index contributed by atoms with van der Waals surface area (Å²) < 4.78 is 17.4. The van der Waals surface area contributed by atoms with Crippen LogP contribution in [0.3, 0.4) is 0 Å². The van der Waals surface area contributed by atoms with Crippen LogP contribution in [0.2, 0.25) is 0 Å². The Kier molecular flexibility index (Phi) is 4.71. The number of fused-ring (bicyclic) bond motifs is 9. The summed E-state index contributed by atoms with van der Waals surface area (Å²) in [5.41, 5.74) is 5.66. The monoisotopic (exact) mass is 526 g/mol. The molecule has 4 aromatic carbocycles. The van der Waals surface area contributed by atoms with Crippen molar-refractivity contribution in [3.05, 3.63) is 91.0 Å². The Morgan fingerprint density at radius 1 is 0.769 bits per heavy atom. The van der Waals surface area contributed by atoms with Gasteiger partial charge in [0.05, 0.1) is 32.6 Å². The van der Waals surface area contributed by atoms with Crippen LogP contribution in [-0.4, -0.2) is 27.7 Å². The zero-order valence-corrected chi connectivity index (χ0v) is 23.2. The summed E-state index contributed by atoms with van der Waals surface area (Å²) in [6, 6.07) is 32.5. The maximum atomic E-state index is 6.31. The predicted octanol–water partition coefficient (Wildman–Crippen LogP) is 7.97. The first-order valence-electron chi connectivity index (χ1n) is 13.4. The highest BCUT2D eigenvalue weighted by Gasteiger charge is 2.51. The lowest BCUT2D eigenvalue weighted by molar-refractivity contribution is 0.00578. The molecule has 0 atom stereocenters. The molecule has 0 spiro atoms. The first kappa shape index (κ1) is 23.2. The van der Waals surface area contributed by atoms with Gasteiger partial charge in [0, 0.05) is 15.5 Å². The van der Waals surface area contributed by atoms with E-state index in [1.54, 1.807) is 0 Å². The molecule has 0 saturated carbocycles. The summed E-state index contributed by atoms with van der Waals surface area (Å²) in [7, 11) is -0.382. The third kappa shape index (κ3) is 3.29. The lowest BCUT2D eigenvalue weighted by atomic mass is 9.78. The number of imidazole rings is 1. The van der Waals surface area contributed by atoms with E-state index in [1.165, 1.54) is 30.9 Å². The van der Waals surface area contributed by atoms with Gasteiger partial charge in [-0.1, -0.05) is 66.7 Å². The number of thiophene rings is 1. The molecule has 190 valence electrons. The van der Waals surface area contributed by atoms with Gasteiger partial charge in [-0.25, -0.2) is 4.98 Å². The lowest BCUT2D eigenvalue weighted by Gasteiger charge is -2.32. The third-order valence-corrected chi connectivity index (χ3v) is 9.80. The van der Waals surface area contributed by atoms with Crippen molar-refractivity contribution in [1.82, 2.24) is 9.38 Å². The van der Waals surface area contributed by atoms with Gasteiger partial charge in [0.2, 0.25) is 0 Å². The van der Waals surface area contributed by atoms with E-state index < -0.39 is 0 Å². The molecule has 1 aliphatic heterocycles. The summed E-state index contributed by atoms with van der Waals surface area (Å²) in [4.78, 5) is 5.15. The Hall–Kier alpha value is -3.71. The second kappa shape index (κ2) is 7.92. The number of hydrogen-bond acceptors (Lipinski definition) is 4. The van der Waals surface area contributed by atoms with Crippen molar-refractivity contribution in [3.63, 3.8) is 0 Å². The van der Waals surface area contributed by atoms with Crippen LogP contribution in [0.5, 0.6) is 0 Å². The summed E-state index contributed by atoms with van der Waals surface area (Å²) in [5, 5.41) is 5.09. The summed E-state index contributed by atoms with van der Waals surface area (Å²) in [6.45, 7) is 8.36. The van der Waals surface area contributed by atoms with Crippen molar-refractivity contribution in [1.29, 1.82) is 0 Å². The second-order valence-electron chi connectivity index (χ2n) is 11.5. The molecule has 8 rings (SSSR count). The van der Waals surface area contributed by atoms with Crippen LogP contribution in [0.4, 0.5) is 0 Å². The maximum Gasteiger partial charge on any atom is 0.494 e. The van der Waals surface area contributed by atoms with Gasteiger partial charge in [-0.05, 0) is 73.8 Å². The van der Waals surface area contributed by atoms with E-state index in [0.29, 0.717) is 0 Å². The number of aromatic nitrogens is 2. The maximum absolute atomic E-state index is 6.31. The molecule has 0 aliphatic carbocycles. The minimum Gasteiger partial charge on any atom is -0.399 e. The third-order valence-electron chi connectivity index (χ3n) is 8.63. The van der Waals surface area contributed by atoms with Crippen LogP contribution in [0.25, 0.3) is 58.9 Å². The van der Waals surface area contributed by atoms with E-state index >= 15 is 0 Å². The molecular weight excluding hydrogens is 499 g/mol. The molecule has 0 radical (unpaired) electrons. The highest BCUT2D eigenvalue weighted by molar-refractivity contribution is 7.26. The van der Waals surface area contributed by atoms with Gasteiger partial charge in [-0.2, -0.15) is 0 Å². The number of para-hydroxylation sites is 2. The van der Waals surface area contributed by atoms with Gasteiger partial charge in [0.25, 0.3) is 0 Å². The van der Waals surface area contributed by atoms with Gasteiger partial charge in [0.1, 0.15) is 0 Å². The molecule has 0 N–H and O–H groups in total. The molecule has 4 heterocycles. The number of hydrogen-bond donors (Lipinski definition) is 0. The van der Waals surface area contributed by atoms with E-state index in [4.69, 9.17) is 14.3 Å². The fourth-order valence-electron chi connectivity index (χ4n) is 5.82. The Labute approximate surface area is 230 Å². The van der Waals surface area contributed by atoms with Crippen molar-refractivity contribution in [2.75, 3.05) is 0 Å². The minimum atomic E-state index is -0.382. The number of nitrogens with zero attached hydrogens (tertiary/aromatic N) is 2. The number of rotatable bonds is 2. The van der Waals surface area contributed by atoms with E-state index in [-0.39, 0.29) is 18.3 Å². The average molecular weight is 526 g/mol. The fourth-order valence-corrected chi connectivity index (χ4v) is 7.00. The number of benzene rings is 4. The van der Waals surface area contributed by atoms with Crippen molar-refractivity contribution < 1.29 is 9.31 Å². The van der Waals surface area contributed by atoms with Crippen LogP contribution >= 0.6 is 11.3 Å². The van der Waals surface area contributed by atoms with Crippen LogP contribution in [-0.2, 0) is 9.31 Å². The average Bonchev–Trinajstić information content (AvgIpc) is 3.57. The standard InChI is InChI=1S/C33H27BN2O2S/c1-32(2)33(3,4)38-34(37-32)22-16-13-21(14-17-22)27-19-24-29-23-10-6-5-9-20(23)15-18-28(29)39-30(24)31-35-25-11-7-8-12-26(25)36(27)31/h5-19H,1-4H3. The fraction of sp³-hybridized carbons (Fsp3) is 0.182. The first-order valence-corrected chi connectivity index (χ1v) is 14.2. The topological polar surface area (TPSA) is 35.8 Å². The molecule has 0 amide bonds. The summed E-state index contributed by atoms with van der Waals surface area (Å²) in [5.74, 6) is 0. The number of pyridine rings is 1. The van der Waals surface area contributed by atoms with Crippen molar-refractivity contribution >= 4 is 71.5 Å². The zero-order valence-electron chi connectivity index (χ0n) is 22.4. The molecule has 39 heavy (non-hydrogen) atoms. The predicted molar refractivity (Wildman–Crippen MR) is 164 cm³/mol. The van der Waals surface area contributed by atoms with Crippen molar-refractivity contribution in [2.45, 2.75) is 38.9 Å². The first-order chi connectivity index (χ1) is 18.8. The zero-order chi connectivity index (χ0) is 26.5. The van der Waals surface area contributed by atoms with E-state index in [0.717, 1.165) is 33.4 Å². The Bertz CT molecular complexity index is 2070. The molecule has 1 fully saturated rings.